The summed E-state index contributed by atoms with van der Waals surface area (Å²) in [5, 5.41) is 13.4. The standard InChI is InChI=1S/C53H51NO4/c1-33(28-35-14-21-41(22-15-35)54(6)7)58-47-30-39(29-38-20-24-45-42-26-27-52(2,3)31-40(42)32-53(4,5)50(45)48(38)47)44-23-19-36-10-8-9-11-43(36)49(44)46(55)25-16-34-12-17-37(18-13-34)51(56)57/h8-27,29-30,33H,28,31-32H2,1-7H3,(H,56,57). The number of carbonyl (C=O) groups excluding carboxylic acids is 1. The lowest BCUT2D eigenvalue weighted by Crippen LogP contribution is -2.28. The van der Waals surface area contributed by atoms with E-state index in [9.17, 15) is 14.7 Å². The van der Waals surface area contributed by atoms with E-state index < -0.39 is 5.97 Å². The largest absolute Gasteiger partial charge is 0.490 e. The van der Waals surface area contributed by atoms with Crippen molar-refractivity contribution < 1.29 is 19.4 Å². The minimum absolute atomic E-state index is 0.127. The maximum atomic E-state index is 14.4. The first-order chi connectivity index (χ1) is 27.7. The molecule has 1 unspecified atom stereocenters. The highest BCUT2D eigenvalue weighted by molar-refractivity contribution is 6.19. The van der Waals surface area contributed by atoms with Crippen molar-refractivity contribution in [1.29, 1.82) is 0 Å². The molecule has 0 saturated heterocycles. The lowest BCUT2D eigenvalue weighted by atomic mass is 9.64. The first kappa shape index (κ1) is 38.7. The summed E-state index contributed by atoms with van der Waals surface area (Å²) in [6, 6.07) is 36.2. The minimum atomic E-state index is -0.987. The third-order valence-electron chi connectivity index (χ3n) is 11.8. The summed E-state index contributed by atoms with van der Waals surface area (Å²) in [7, 11) is 4.10. The van der Waals surface area contributed by atoms with Gasteiger partial charge in [0.25, 0.3) is 0 Å². The summed E-state index contributed by atoms with van der Waals surface area (Å²) in [5.74, 6) is -0.302. The molecule has 0 fully saturated rings. The lowest BCUT2D eigenvalue weighted by molar-refractivity contribution is 0.0696. The number of carbonyl (C=O) groups is 2. The van der Waals surface area contributed by atoms with E-state index in [4.69, 9.17) is 4.74 Å². The zero-order valence-electron chi connectivity index (χ0n) is 34.5. The summed E-state index contributed by atoms with van der Waals surface area (Å²) >= 11 is 0. The van der Waals surface area contributed by atoms with Crippen molar-refractivity contribution in [3.8, 4) is 16.9 Å². The van der Waals surface area contributed by atoms with E-state index in [2.05, 4.69) is 126 Å². The molecule has 0 bridgehead atoms. The molecule has 1 atom stereocenters. The van der Waals surface area contributed by atoms with Gasteiger partial charge in [0, 0.05) is 37.2 Å². The first-order valence-corrected chi connectivity index (χ1v) is 20.2. The Hall–Kier alpha value is -6.20. The monoisotopic (exact) mass is 765 g/mol. The van der Waals surface area contributed by atoms with E-state index in [0.717, 1.165) is 68.9 Å². The molecule has 0 saturated carbocycles. The highest BCUT2D eigenvalue weighted by Crippen LogP contribution is 2.53. The molecule has 8 rings (SSSR count). The van der Waals surface area contributed by atoms with Crippen LogP contribution in [0.2, 0.25) is 0 Å². The molecule has 5 nitrogen and oxygen atoms in total. The van der Waals surface area contributed by atoms with Crippen LogP contribution in [0.5, 0.6) is 5.75 Å². The van der Waals surface area contributed by atoms with Crippen LogP contribution in [-0.4, -0.2) is 37.1 Å². The average Bonchev–Trinajstić information content (AvgIpc) is 3.18. The number of ether oxygens (including phenoxy) is 1. The molecule has 2 aliphatic carbocycles. The van der Waals surface area contributed by atoms with Crippen LogP contribution in [0.3, 0.4) is 0 Å². The number of ketones is 1. The molecule has 0 radical (unpaired) electrons. The summed E-state index contributed by atoms with van der Waals surface area (Å²) in [6.45, 7) is 11.5. The van der Waals surface area contributed by atoms with E-state index in [1.54, 1.807) is 36.4 Å². The Kier molecular flexibility index (Phi) is 9.97. The van der Waals surface area contributed by atoms with Crippen molar-refractivity contribution in [3.63, 3.8) is 0 Å². The van der Waals surface area contributed by atoms with Crippen molar-refractivity contribution >= 4 is 50.6 Å². The van der Waals surface area contributed by atoms with Crippen LogP contribution >= 0.6 is 0 Å². The predicted octanol–water partition coefficient (Wildman–Crippen LogP) is 12.8. The Labute approximate surface area is 342 Å². The number of anilines is 1. The lowest BCUT2D eigenvalue weighted by Gasteiger charge is -2.40. The molecule has 0 aliphatic heterocycles. The number of fused-ring (bicyclic) bond motifs is 5. The molecule has 292 valence electrons. The summed E-state index contributed by atoms with van der Waals surface area (Å²) in [5.41, 5.74) is 11.1. The van der Waals surface area contributed by atoms with Gasteiger partial charge in [-0.05, 0) is 128 Å². The van der Waals surface area contributed by atoms with Crippen LogP contribution in [0.4, 0.5) is 5.69 Å². The molecule has 0 spiro atoms. The molecule has 6 aromatic carbocycles. The highest BCUT2D eigenvalue weighted by Gasteiger charge is 2.37. The van der Waals surface area contributed by atoms with Crippen molar-refractivity contribution in [3.05, 3.63) is 166 Å². The first-order valence-electron chi connectivity index (χ1n) is 20.2. The molecule has 0 heterocycles. The van der Waals surface area contributed by atoms with Gasteiger partial charge in [-0.2, -0.15) is 0 Å². The molecule has 1 N–H and O–H groups in total. The van der Waals surface area contributed by atoms with Gasteiger partial charge < -0.3 is 14.7 Å². The molecule has 0 aromatic heterocycles. The van der Waals surface area contributed by atoms with Gasteiger partial charge in [-0.15, -0.1) is 0 Å². The van der Waals surface area contributed by atoms with Gasteiger partial charge in [-0.25, -0.2) is 4.79 Å². The highest BCUT2D eigenvalue weighted by atomic mass is 16.5. The molecule has 5 heteroatoms. The van der Waals surface area contributed by atoms with E-state index >= 15 is 0 Å². The Morgan fingerprint density at radius 3 is 2.26 bits per heavy atom. The fraction of sp³-hybridized carbons (Fsp3) is 0.245. The number of benzene rings is 6. The van der Waals surface area contributed by atoms with E-state index in [1.165, 1.54) is 27.8 Å². The molecule has 58 heavy (non-hydrogen) atoms. The summed E-state index contributed by atoms with van der Waals surface area (Å²) in [6.07, 6.45) is 10.7. The van der Waals surface area contributed by atoms with Crippen LogP contribution in [-0.2, 0) is 11.8 Å². The fourth-order valence-corrected chi connectivity index (χ4v) is 9.08. The second-order valence-corrected chi connectivity index (χ2v) is 17.7. The van der Waals surface area contributed by atoms with Crippen molar-refractivity contribution in [2.45, 2.75) is 65.4 Å². The van der Waals surface area contributed by atoms with E-state index in [0.29, 0.717) is 5.56 Å². The Balaban J connectivity index is 1.28. The van der Waals surface area contributed by atoms with Crippen LogP contribution in [0.25, 0.3) is 44.3 Å². The van der Waals surface area contributed by atoms with Gasteiger partial charge in [-0.1, -0.05) is 124 Å². The van der Waals surface area contributed by atoms with Gasteiger partial charge in [0.15, 0.2) is 5.78 Å². The Bertz CT molecular complexity index is 2690. The zero-order chi connectivity index (χ0) is 40.9. The number of rotatable bonds is 10. The van der Waals surface area contributed by atoms with Gasteiger partial charge in [0.2, 0.25) is 0 Å². The molecule has 6 aromatic rings. The van der Waals surface area contributed by atoms with Crippen LogP contribution in [0.15, 0.2) is 133 Å². The number of aromatic carboxylic acids is 1. The molecule has 0 amide bonds. The Morgan fingerprint density at radius 1 is 0.828 bits per heavy atom. The second kappa shape index (κ2) is 14.9. The normalized spacial score (nSPS) is 16.0. The van der Waals surface area contributed by atoms with Gasteiger partial charge >= 0.3 is 5.97 Å². The zero-order valence-corrected chi connectivity index (χ0v) is 34.5. The summed E-state index contributed by atoms with van der Waals surface area (Å²) < 4.78 is 7.13. The average molecular weight is 766 g/mol. The number of carboxylic acid groups (broad SMARTS) is 1. The van der Waals surface area contributed by atoms with Gasteiger partial charge in [0.05, 0.1) is 11.7 Å². The smallest absolute Gasteiger partial charge is 0.335 e. The number of hydrogen-bond acceptors (Lipinski definition) is 4. The van der Waals surface area contributed by atoms with Gasteiger partial charge in [0.1, 0.15) is 5.75 Å². The van der Waals surface area contributed by atoms with Crippen LogP contribution < -0.4 is 9.64 Å². The van der Waals surface area contributed by atoms with Crippen molar-refractivity contribution in [1.82, 2.24) is 0 Å². The van der Waals surface area contributed by atoms with E-state index in [-0.39, 0.29) is 28.3 Å². The van der Waals surface area contributed by atoms with Crippen molar-refractivity contribution in [2.75, 3.05) is 19.0 Å². The van der Waals surface area contributed by atoms with Crippen molar-refractivity contribution in [2.24, 2.45) is 5.41 Å². The van der Waals surface area contributed by atoms with Gasteiger partial charge in [-0.3, -0.25) is 4.79 Å². The van der Waals surface area contributed by atoms with E-state index in [1.807, 2.05) is 24.3 Å². The SMILES string of the molecule is CC(Cc1ccc(N(C)C)cc1)Oc1cc(-c2ccc3ccccc3c2C(=O)C=Cc2ccc(C(=O)O)cc2)cc2ccc3c(c12)C(C)(C)CC1=C3C=CC(C)(C)C1. The van der Waals surface area contributed by atoms with Crippen LogP contribution in [0, 0.1) is 5.41 Å². The number of allylic oxidation sites excluding steroid dienone is 5. The number of carboxylic acids is 1. The third kappa shape index (κ3) is 7.49. The Morgan fingerprint density at radius 2 is 1.53 bits per heavy atom. The topological polar surface area (TPSA) is 66.8 Å². The fourth-order valence-electron chi connectivity index (χ4n) is 9.08. The minimum Gasteiger partial charge on any atom is -0.490 e. The number of hydrogen-bond donors (Lipinski definition) is 1. The second-order valence-electron chi connectivity index (χ2n) is 17.7. The predicted molar refractivity (Wildman–Crippen MR) is 240 cm³/mol. The molecular formula is C53H51NO4. The van der Waals surface area contributed by atoms with Crippen LogP contribution in [0.1, 0.15) is 90.4 Å². The summed E-state index contributed by atoms with van der Waals surface area (Å²) in [4.78, 5) is 28.0. The quantitative estimate of drug-likeness (QED) is 0.111. The third-order valence-corrected chi connectivity index (χ3v) is 11.8. The maximum absolute atomic E-state index is 14.4. The molecule has 2 aliphatic rings. The molecular weight excluding hydrogens is 715 g/mol. The number of nitrogens with zero attached hydrogens (tertiary/aromatic N) is 1. The maximum Gasteiger partial charge on any atom is 0.335 e.